The summed E-state index contributed by atoms with van der Waals surface area (Å²) in [6.45, 7) is 7.35. The standard InChI is InChI=1S/C20H21FIN3OS.ClH/c1-3-24(4-2)11-12-25(19(26)15-7-5-6-8-16(15)22)20-23-17-10-9-14(21)13-18(17)27-20;/h5-10,13H,3-4,11-12H2,1-2H3;1H. The van der Waals surface area contributed by atoms with Crippen molar-refractivity contribution in [3.63, 3.8) is 0 Å². The quantitative estimate of drug-likeness (QED) is 0.379. The van der Waals surface area contributed by atoms with Crippen LogP contribution in [-0.4, -0.2) is 42.0 Å². The van der Waals surface area contributed by atoms with Crippen molar-refractivity contribution in [1.82, 2.24) is 9.88 Å². The highest BCUT2D eigenvalue weighted by Crippen LogP contribution is 2.30. The van der Waals surface area contributed by atoms with Crippen LogP contribution in [0.1, 0.15) is 24.2 Å². The molecule has 0 aliphatic rings. The molecule has 1 heterocycles. The average Bonchev–Trinajstić information content (AvgIpc) is 3.08. The predicted molar refractivity (Wildman–Crippen MR) is 125 cm³/mol. The predicted octanol–water partition coefficient (Wildman–Crippen LogP) is 5.45. The van der Waals surface area contributed by atoms with E-state index in [0.29, 0.717) is 22.8 Å². The minimum absolute atomic E-state index is 0. The van der Waals surface area contributed by atoms with E-state index in [1.807, 2.05) is 24.3 Å². The lowest BCUT2D eigenvalue weighted by atomic mass is 10.2. The van der Waals surface area contributed by atoms with Gasteiger partial charge in [0.05, 0.1) is 15.8 Å². The molecule has 0 N–H and O–H groups in total. The Kier molecular flexibility index (Phi) is 8.60. The summed E-state index contributed by atoms with van der Waals surface area (Å²) in [6, 6.07) is 12.1. The van der Waals surface area contributed by atoms with Gasteiger partial charge in [0, 0.05) is 16.7 Å². The fraction of sp³-hybridized carbons (Fsp3) is 0.300. The third-order valence-electron chi connectivity index (χ3n) is 4.45. The smallest absolute Gasteiger partial charge is 0.261 e. The summed E-state index contributed by atoms with van der Waals surface area (Å²) in [5.41, 5.74) is 1.36. The number of anilines is 1. The number of carbonyl (C=O) groups excluding carboxylic acids is 1. The Labute approximate surface area is 188 Å². The number of benzene rings is 2. The Morgan fingerprint density at radius 2 is 1.86 bits per heavy atom. The molecule has 2 aromatic carbocycles. The zero-order chi connectivity index (χ0) is 19.4. The van der Waals surface area contributed by atoms with E-state index in [-0.39, 0.29) is 24.1 Å². The lowest BCUT2D eigenvalue weighted by Gasteiger charge is -2.25. The first-order chi connectivity index (χ1) is 13.0. The third-order valence-corrected chi connectivity index (χ3v) is 6.44. The zero-order valence-electron chi connectivity index (χ0n) is 15.7. The van der Waals surface area contributed by atoms with Gasteiger partial charge >= 0.3 is 0 Å². The van der Waals surface area contributed by atoms with Gasteiger partial charge in [-0.2, -0.15) is 0 Å². The molecular weight excluding hydrogens is 512 g/mol. The van der Waals surface area contributed by atoms with Crippen molar-refractivity contribution >= 4 is 67.6 Å². The van der Waals surface area contributed by atoms with Crippen LogP contribution in [0.3, 0.4) is 0 Å². The molecule has 0 radical (unpaired) electrons. The molecule has 0 fully saturated rings. The number of carbonyl (C=O) groups is 1. The summed E-state index contributed by atoms with van der Waals surface area (Å²) >= 11 is 3.53. The van der Waals surface area contributed by atoms with Gasteiger partial charge in [-0.1, -0.05) is 37.3 Å². The Morgan fingerprint density at radius 3 is 2.54 bits per heavy atom. The maximum atomic E-state index is 13.6. The second-order valence-corrected chi connectivity index (χ2v) is 8.24. The van der Waals surface area contributed by atoms with Gasteiger partial charge in [-0.15, -0.1) is 12.4 Å². The Morgan fingerprint density at radius 1 is 1.14 bits per heavy atom. The van der Waals surface area contributed by atoms with Crippen molar-refractivity contribution in [3.8, 4) is 0 Å². The Balaban J connectivity index is 0.00000280. The molecule has 0 aliphatic carbocycles. The lowest BCUT2D eigenvalue weighted by Crippen LogP contribution is -2.39. The summed E-state index contributed by atoms with van der Waals surface area (Å²) < 4.78 is 15.2. The molecule has 0 saturated heterocycles. The SMILES string of the molecule is CCN(CC)CCN(C(=O)c1ccccc1I)c1nc2ccc(F)cc2s1.Cl. The molecule has 0 aliphatic heterocycles. The molecule has 150 valence electrons. The molecule has 0 spiro atoms. The number of rotatable bonds is 7. The molecule has 1 amide bonds. The zero-order valence-corrected chi connectivity index (χ0v) is 19.5. The van der Waals surface area contributed by atoms with Gasteiger partial charge in [0.2, 0.25) is 0 Å². The molecule has 0 atom stereocenters. The largest absolute Gasteiger partial charge is 0.302 e. The van der Waals surface area contributed by atoms with Gasteiger partial charge in [-0.25, -0.2) is 9.37 Å². The minimum Gasteiger partial charge on any atom is -0.302 e. The number of halogens is 3. The molecular formula is C20H22ClFIN3OS. The van der Waals surface area contributed by atoms with Gasteiger partial charge < -0.3 is 4.90 Å². The van der Waals surface area contributed by atoms with Crippen molar-refractivity contribution in [3.05, 3.63) is 57.4 Å². The normalized spacial score (nSPS) is 10.9. The number of fused-ring (bicyclic) bond motifs is 1. The van der Waals surface area contributed by atoms with Crippen molar-refractivity contribution in [1.29, 1.82) is 0 Å². The van der Waals surface area contributed by atoms with Crippen molar-refractivity contribution in [2.75, 3.05) is 31.1 Å². The fourth-order valence-corrected chi connectivity index (χ4v) is 4.48. The maximum absolute atomic E-state index is 13.6. The molecule has 3 rings (SSSR count). The minimum atomic E-state index is -0.295. The first-order valence-electron chi connectivity index (χ1n) is 8.88. The Bertz CT molecular complexity index is 948. The van der Waals surface area contributed by atoms with E-state index >= 15 is 0 Å². The highest BCUT2D eigenvalue weighted by atomic mass is 127. The fourth-order valence-electron chi connectivity index (χ4n) is 2.85. The van der Waals surface area contributed by atoms with E-state index in [1.54, 1.807) is 11.0 Å². The van der Waals surface area contributed by atoms with Crippen molar-refractivity contribution in [2.24, 2.45) is 0 Å². The van der Waals surface area contributed by atoms with Crippen LogP contribution < -0.4 is 4.90 Å². The molecule has 0 saturated carbocycles. The topological polar surface area (TPSA) is 36.4 Å². The van der Waals surface area contributed by atoms with Crippen LogP contribution in [0.2, 0.25) is 0 Å². The van der Waals surface area contributed by atoms with E-state index in [9.17, 15) is 9.18 Å². The second-order valence-electron chi connectivity index (χ2n) is 6.07. The molecule has 1 aromatic heterocycles. The van der Waals surface area contributed by atoms with E-state index in [0.717, 1.165) is 27.9 Å². The van der Waals surface area contributed by atoms with Gasteiger partial charge in [0.1, 0.15) is 5.82 Å². The van der Waals surface area contributed by atoms with Crippen LogP contribution in [0.4, 0.5) is 9.52 Å². The summed E-state index contributed by atoms with van der Waals surface area (Å²) in [5, 5.41) is 0.604. The molecule has 3 aromatic rings. The summed E-state index contributed by atoms with van der Waals surface area (Å²) in [7, 11) is 0. The van der Waals surface area contributed by atoms with Gasteiger partial charge in [-0.3, -0.25) is 9.69 Å². The van der Waals surface area contributed by atoms with Crippen molar-refractivity contribution < 1.29 is 9.18 Å². The first-order valence-corrected chi connectivity index (χ1v) is 10.8. The molecule has 4 nitrogen and oxygen atoms in total. The maximum Gasteiger partial charge on any atom is 0.261 e. The average molecular weight is 534 g/mol. The monoisotopic (exact) mass is 533 g/mol. The van der Waals surface area contributed by atoms with Gasteiger partial charge in [-0.05, 0) is 66.0 Å². The second kappa shape index (κ2) is 10.5. The van der Waals surface area contributed by atoms with E-state index in [2.05, 4.69) is 46.3 Å². The number of aromatic nitrogens is 1. The number of nitrogens with zero attached hydrogens (tertiary/aromatic N) is 3. The van der Waals surface area contributed by atoms with Gasteiger partial charge in [0.25, 0.3) is 5.91 Å². The highest BCUT2D eigenvalue weighted by molar-refractivity contribution is 14.1. The summed E-state index contributed by atoms with van der Waals surface area (Å²) in [4.78, 5) is 21.9. The number of hydrogen-bond donors (Lipinski definition) is 0. The van der Waals surface area contributed by atoms with Crippen molar-refractivity contribution in [2.45, 2.75) is 13.8 Å². The van der Waals surface area contributed by atoms with E-state index in [4.69, 9.17) is 0 Å². The van der Waals surface area contributed by atoms with Crippen LogP contribution >= 0.6 is 46.3 Å². The van der Waals surface area contributed by atoms with Crippen LogP contribution in [0.15, 0.2) is 42.5 Å². The van der Waals surface area contributed by atoms with Crippen LogP contribution in [0, 0.1) is 9.39 Å². The van der Waals surface area contributed by atoms with E-state index < -0.39 is 0 Å². The number of likely N-dealkylation sites (N-methyl/N-ethyl adjacent to an activating group) is 1. The lowest BCUT2D eigenvalue weighted by molar-refractivity contribution is 0.0983. The summed E-state index contributed by atoms with van der Waals surface area (Å²) in [6.07, 6.45) is 0. The Hall–Kier alpha value is -1.29. The molecule has 0 unspecified atom stereocenters. The summed E-state index contributed by atoms with van der Waals surface area (Å²) in [5.74, 6) is -0.372. The van der Waals surface area contributed by atoms with Crippen LogP contribution in [0.5, 0.6) is 0 Å². The highest BCUT2D eigenvalue weighted by Gasteiger charge is 2.23. The number of hydrogen-bond acceptors (Lipinski definition) is 4. The third kappa shape index (κ3) is 5.20. The molecule has 0 bridgehead atoms. The first kappa shape index (κ1) is 23.0. The number of thiazole rings is 1. The van der Waals surface area contributed by atoms with Crippen LogP contribution in [-0.2, 0) is 0 Å². The number of amides is 1. The molecule has 28 heavy (non-hydrogen) atoms. The molecule has 8 heteroatoms. The van der Waals surface area contributed by atoms with E-state index in [1.165, 1.54) is 23.5 Å². The van der Waals surface area contributed by atoms with Gasteiger partial charge in [0.15, 0.2) is 5.13 Å². The van der Waals surface area contributed by atoms with Crippen LogP contribution in [0.25, 0.3) is 10.2 Å².